The Balaban J connectivity index is 1.39. The first-order valence-corrected chi connectivity index (χ1v) is 18.0. The summed E-state index contributed by atoms with van der Waals surface area (Å²) in [5.41, 5.74) is 1.97. The lowest BCUT2D eigenvalue weighted by atomic mass is 9.94. The lowest BCUT2D eigenvalue weighted by molar-refractivity contribution is -0.140. The van der Waals surface area contributed by atoms with E-state index in [0.29, 0.717) is 24.7 Å². The van der Waals surface area contributed by atoms with Crippen molar-refractivity contribution >= 4 is 27.5 Å². The Labute approximate surface area is 282 Å². The van der Waals surface area contributed by atoms with Crippen LogP contribution in [0.3, 0.4) is 0 Å². The summed E-state index contributed by atoms with van der Waals surface area (Å²) < 4.78 is 41.1. The maximum absolute atomic E-state index is 14.7. The van der Waals surface area contributed by atoms with Gasteiger partial charge in [0.25, 0.3) is 10.0 Å². The molecule has 48 heavy (non-hydrogen) atoms. The predicted molar refractivity (Wildman–Crippen MR) is 184 cm³/mol. The zero-order valence-electron chi connectivity index (χ0n) is 26.9. The number of amides is 2. The summed E-state index contributed by atoms with van der Waals surface area (Å²) in [4.78, 5) is 30.5. The third-order valence-electron chi connectivity index (χ3n) is 8.84. The van der Waals surface area contributed by atoms with Gasteiger partial charge in [0.1, 0.15) is 25.8 Å². The molecular weight excluding hydrogens is 627 g/mol. The minimum atomic E-state index is -4.22. The normalized spacial score (nSPS) is 15.2. The first kappa shape index (κ1) is 33.1. The Morgan fingerprint density at radius 1 is 0.750 bits per heavy atom. The van der Waals surface area contributed by atoms with Crippen LogP contribution in [0.15, 0.2) is 114 Å². The fourth-order valence-corrected chi connectivity index (χ4v) is 7.74. The molecule has 250 valence electrons. The second-order valence-corrected chi connectivity index (χ2v) is 14.1. The highest BCUT2D eigenvalue weighted by Crippen LogP contribution is 2.36. The molecule has 1 N–H and O–H groups in total. The number of carbonyl (C=O) groups is 2. The van der Waals surface area contributed by atoms with Crippen LogP contribution in [0.2, 0.25) is 0 Å². The van der Waals surface area contributed by atoms with Gasteiger partial charge in [-0.3, -0.25) is 13.9 Å². The predicted octanol–water partition coefficient (Wildman–Crippen LogP) is 5.74. The summed E-state index contributed by atoms with van der Waals surface area (Å²) in [6, 6.07) is 31.1. The lowest BCUT2D eigenvalue weighted by Crippen LogP contribution is -2.55. The molecule has 4 aromatic carbocycles. The van der Waals surface area contributed by atoms with Crippen LogP contribution in [0.4, 0.5) is 5.69 Å². The van der Waals surface area contributed by atoms with Gasteiger partial charge in [-0.25, -0.2) is 8.42 Å². The van der Waals surface area contributed by atoms with Crippen LogP contribution in [-0.2, 0) is 32.6 Å². The molecule has 1 fully saturated rings. The number of hydrogen-bond donors (Lipinski definition) is 1. The molecule has 1 saturated carbocycles. The van der Waals surface area contributed by atoms with Gasteiger partial charge in [-0.15, -0.1) is 0 Å². The topological polar surface area (TPSA) is 105 Å². The number of sulfonamides is 1. The second-order valence-electron chi connectivity index (χ2n) is 12.2. The summed E-state index contributed by atoms with van der Waals surface area (Å²) in [7, 11) is -4.22. The van der Waals surface area contributed by atoms with Crippen molar-refractivity contribution in [2.45, 2.75) is 62.0 Å². The van der Waals surface area contributed by atoms with Gasteiger partial charge < -0.3 is 19.7 Å². The molecule has 1 heterocycles. The van der Waals surface area contributed by atoms with Gasteiger partial charge in [-0.1, -0.05) is 98.1 Å². The number of anilines is 1. The Morgan fingerprint density at radius 3 is 2.02 bits per heavy atom. The molecule has 9 nitrogen and oxygen atoms in total. The van der Waals surface area contributed by atoms with Crippen molar-refractivity contribution in [3.05, 3.63) is 120 Å². The van der Waals surface area contributed by atoms with E-state index in [1.807, 2.05) is 60.7 Å². The average Bonchev–Trinajstić information content (AvgIpc) is 3.13. The Bertz CT molecular complexity index is 1780. The maximum Gasteiger partial charge on any atom is 0.264 e. The molecule has 0 saturated heterocycles. The summed E-state index contributed by atoms with van der Waals surface area (Å²) in [5.74, 6) is 0.149. The number of nitrogens with one attached hydrogen (secondary N) is 1. The summed E-state index contributed by atoms with van der Waals surface area (Å²) in [6.07, 6.45) is 5.29. The third-order valence-corrected chi connectivity index (χ3v) is 10.6. The average molecular weight is 668 g/mol. The van der Waals surface area contributed by atoms with Crippen LogP contribution < -0.4 is 19.1 Å². The van der Waals surface area contributed by atoms with Gasteiger partial charge in [0.15, 0.2) is 11.5 Å². The van der Waals surface area contributed by atoms with Crippen molar-refractivity contribution in [3.63, 3.8) is 0 Å². The molecule has 10 heteroatoms. The van der Waals surface area contributed by atoms with E-state index in [0.717, 1.165) is 47.5 Å². The largest absolute Gasteiger partial charge is 0.486 e. The minimum absolute atomic E-state index is 0.0332. The fraction of sp³-hybridized carbons (Fsp3) is 0.316. The van der Waals surface area contributed by atoms with Crippen LogP contribution >= 0.6 is 0 Å². The molecule has 0 spiro atoms. The molecule has 0 bridgehead atoms. The molecule has 0 aromatic heterocycles. The van der Waals surface area contributed by atoms with Crippen molar-refractivity contribution in [2.24, 2.45) is 0 Å². The van der Waals surface area contributed by atoms with E-state index in [1.165, 1.54) is 17.0 Å². The van der Waals surface area contributed by atoms with Gasteiger partial charge in [-0.2, -0.15) is 0 Å². The molecule has 1 aliphatic heterocycles. The van der Waals surface area contributed by atoms with Crippen LogP contribution in [0.1, 0.15) is 43.2 Å². The number of fused-ring (bicyclic) bond motifs is 1. The zero-order chi connectivity index (χ0) is 33.3. The Kier molecular flexibility index (Phi) is 10.6. The molecule has 2 amide bonds. The van der Waals surface area contributed by atoms with E-state index in [9.17, 15) is 18.0 Å². The quantitative estimate of drug-likeness (QED) is 0.207. The first-order chi connectivity index (χ1) is 23.4. The number of rotatable bonds is 12. The SMILES string of the molecule is O=C(NC1CCCCC1)C(Cc1ccccc1)N(Cc1ccccc1)C(=O)CN(c1ccc2c(c1)OCCO2)S(=O)(=O)c1ccccc1. The standard InChI is InChI=1S/C38H41N3O6S/c42-37(28-41(48(44,45)33-19-11-4-12-20-33)32-21-22-35-36(26-32)47-24-23-46-35)40(27-30-15-7-2-8-16-30)34(25-29-13-5-1-6-14-29)38(43)39-31-17-9-3-10-18-31/h1-2,4-8,11-16,19-22,26,31,34H,3,9-10,17-18,23-25,27-28H2,(H,39,43). The van der Waals surface area contributed by atoms with E-state index in [-0.39, 0.29) is 35.5 Å². The van der Waals surface area contributed by atoms with Crippen LogP contribution in [-0.4, -0.2) is 57.0 Å². The highest BCUT2D eigenvalue weighted by Gasteiger charge is 2.35. The van der Waals surface area contributed by atoms with Crippen LogP contribution in [0.25, 0.3) is 0 Å². The van der Waals surface area contributed by atoms with E-state index >= 15 is 0 Å². The molecule has 1 atom stereocenters. The minimum Gasteiger partial charge on any atom is -0.486 e. The number of hydrogen-bond acceptors (Lipinski definition) is 6. The summed E-state index contributed by atoms with van der Waals surface area (Å²) >= 11 is 0. The monoisotopic (exact) mass is 667 g/mol. The fourth-order valence-electron chi connectivity index (χ4n) is 6.31. The van der Waals surface area contributed by atoms with Crippen LogP contribution in [0, 0.1) is 0 Å². The lowest BCUT2D eigenvalue weighted by Gasteiger charge is -2.35. The van der Waals surface area contributed by atoms with Crippen LogP contribution in [0.5, 0.6) is 11.5 Å². The smallest absolute Gasteiger partial charge is 0.264 e. The Hall–Kier alpha value is -4.83. The van der Waals surface area contributed by atoms with Gasteiger partial charge >= 0.3 is 0 Å². The van der Waals surface area contributed by atoms with E-state index in [2.05, 4.69) is 5.32 Å². The van der Waals surface area contributed by atoms with Crippen molar-refractivity contribution in [3.8, 4) is 11.5 Å². The van der Waals surface area contributed by atoms with E-state index < -0.39 is 28.5 Å². The zero-order valence-corrected chi connectivity index (χ0v) is 27.7. The third kappa shape index (κ3) is 7.99. The van der Waals surface area contributed by atoms with Crippen molar-refractivity contribution in [2.75, 3.05) is 24.1 Å². The van der Waals surface area contributed by atoms with Gasteiger partial charge in [-0.05, 0) is 48.2 Å². The van der Waals surface area contributed by atoms with Gasteiger partial charge in [0.05, 0.1) is 10.6 Å². The highest BCUT2D eigenvalue weighted by molar-refractivity contribution is 7.92. The Morgan fingerprint density at radius 2 is 1.35 bits per heavy atom. The second kappa shape index (κ2) is 15.4. The molecule has 4 aromatic rings. The van der Waals surface area contributed by atoms with E-state index in [1.54, 1.807) is 36.4 Å². The number of benzene rings is 4. The van der Waals surface area contributed by atoms with Crippen molar-refractivity contribution in [1.29, 1.82) is 0 Å². The number of ether oxygens (including phenoxy) is 2. The van der Waals surface area contributed by atoms with Gasteiger partial charge in [0, 0.05) is 25.1 Å². The molecule has 0 radical (unpaired) electrons. The maximum atomic E-state index is 14.7. The molecule has 1 aliphatic carbocycles. The van der Waals surface area contributed by atoms with Crippen molar-refractivity contribution in [1.82, 2.24) is 10.2 Å². The van der Waals surface area contributed by atoms with Crippen molar-refractivity contribution < 1.29 is 27.5 Å². The van der Waals surface area contributed by atoms with E-state index in [4.69, 9.17) is 9.47 Å². The number of nitrogens with zero attached hydrogens (tertiary/aromatic N) is 2. The molecular formula is C38H41N3O6S. The summed E-state index contributed by atoms with van der Waals surface area (Å²) in [6.45, 7) is 0.293. The summed E-state index contributed by atoms with van der Waals surface area (Å²) in [5, 5.41) is 3.24. The molecule has 6 rings (SSSR count). The highest BCUT2D eigenvalue weighted by atomic mass is 32.2. The number of carbonyl (C=O) groups excluding carboxylic acids is 2. The molecule has 1 unspecified atom stereocenters. The first-order valence-electron chi connectivity index (χ1n) is 16.5. The molecule has 2 aliphatic rings. The van der Waals surface area contributed by atoms with Gasteiger partial charge in [0.2, 0.25) is 11.8 Å².